The number of aromatic nitrogens is 2. The smallest absolute Gasteiger partial charge is 0.243 e. The first-order valence-electron chi connectivity index (χ1n) is 11.4. The Morgan fingerprint density at radius 3 is 2.39 bits per heavy atom. The lowest BCUT2D eigenvalue weighted by Gasteiger charge is -2.33. The Hall–Kier alpha value is -2.86. The first-order valence-corrected chi connectivity index (χ1v) is 12.8. The number of hydrogen-bond donors (Lipinski definition) is 0. The Balaban J connectivity index is 0.00000361. The van der Waals surface area contributed by atoms with E-state index in [1.807, 2.05) is 35.2 Å². The van der Waals surface area contributed by atoms with Gasteiger partial charge in [0.15, 0.2) is 5.82 Å². The van der Waals surface area contributed by atoms with Crippen LogP contribution >= 0.6 is 12.4 Å². The fraction of sp³-hybridized carbons (Fsp3) is 0.375. The van der Waals surface area contributed by atoms with Gasteiger partial charge in [-0.15, -0.1) is 12.4 Å². The molecule has 2 heterocycles. The van der Waals surface area contributed by atoms with Gasteiger partial charge in [-0.2, -0.15) is 9.29 Å². The van der Waals surface area contributed by atoms with Crippen LogP contribution in [0.1, 0.15) is 23.7 Å². The highest BCUT2D eigenvalue weighted by atomic mass is 35.5. The molecule has 1 aliphatic rings. The third-order valence-electron chi connectivity index (χ3n) is 5.90. The Morgan fingerprint density at radius 1 is 1.06 bits per heavy atom. The maximum absolute atomic E-state index is 13.1. The Morgan fingerprint density at radius 2 is 1.72 bits per heavy atom. The minimum absolute atomic E-state index is 0. The molecule has 0 saturated carbocycles. The maximum Gasteiger partial charge on any atom is 0.243 e. The number of piperazine rings is 1. The summed E-state index contributed by atoms with van der Waals surface area (Å²) in [4.78, 5) is 20.6. The molecule has 9 nitrogen and oxygen atoms in total. The van der Waals surface area contributed by atoms with Crippen LogP contribution in [0.15, 0.2) is 64.0 Å². The third kappa shape index (κ3) is 7.10. The van der Waals surface area contributed by atoms with Gasteiger partial charge < -0.3 is 9.42 Å². The monoisotopic (exact) mass is 537 g/mol. The van der Waals surface area contributed by atoms with Crippen molar-refractivity contribution >= 4 is 28.3 Å². The summed E-state index contributed by atoms with van der Waals surface area (Å²) < 4.78 is 45.3. The van der Waals surface area contributed by atoms with Gasteiger partial charge in [0.05, 0.1) is 11.4 Å². The second-order valence-corrected chi connectivity index (χ2v) is 10.4. The van der Waals surface area contributed by atoms with Gasteiger partial charge in [0.2, 0.25) is 21.8 Å². The summed E-state index contributed by atoms with van der Waals surface area (Å²) in [5, 5.41) is 4.00. The van der Waals surface area contributed by atoms with Crippen molar-refractivity contribution in [3.63, 3.8) is 0 Å². The molecule has 1 fully saturated rings. The van der Waals surface area contributed by atoms with Crippen LogP contribution in [0.2, 0.25) is 0 Å². The fourth-order valence-corrected chi connectivity index (χ4v) is 5.31. The quantitative estimate of drug-likeness (QED) is 0.414. The molecule has 1 amide bonds. The van der Waals surface area contributed by atoms with E-state index >= 15 is 0 Å². The molecule has 4 rings (SSSR count). The summed E-state index contributed by atoms with van der Waals surface area (Å²) in [6, 6.07) is 14.6. The first kappa shape index (κ1) is 27.7. The summed E-state index contributed by atoms with van der Waals surface area (Å²) in [5.74, 6) is 0.419. The van der Waals surface area contributed by atoms with E-state index in [-0.39, 0.29) is 29.6 Å². The van der Waals surface area contributed by atoms with Gasteiger partial charge in [-0.1, -0.05) is 35.5 Å². The van der Waals surface area contributed by atoms with Crippen LogP contribution < -0.4 is 0 Å². The second-order valence-electron chi connectivity index (χ2n) is 8.47. The number of rotatable bonds is 9. The predicted molar refractivity (Wildman–Crippen MR) is 133 cm³/mol. The fourth-order valence-electron chi connectivity index (χ4n) is 3.89. The van der Waals surface area contributed by atoms with Crippen LogP contribution in [0, 0.1) is 5.82 Å². The van der Waals surface area contributed by atoms with Crippen molar-refractivity contribution in [2.24, 2.45) is 0 Å². The second kappa shape index (κ2) is 12.4. The van der Waals surface area contributed by atoms with Gasteiger partial charge in [-0.05, 0) is 29.8 Å². The summed E-state index contributed by atoms with van der Waals surface area (Å²) in [6.07, 6.45) is 0.625. The molecule has 1 aliphatic heterocycles. The van der Waals surface area contributed by atoms with Crippen LogP contribution in [-0.4, -0.2) is 71.8 Å². The zero-order valence-corrected chi connectivity index (χ0v) is 21.5. The van der Waals surface area contributed by atoms with Gasteiger partial charge in [-0.3, -0.25) is 9.69 Å². The molecule has 1 saturated heterocycles. The molecule has 3 aromatic rings. The highest BCUT2D eigenvalue weighted by Gasteiger charge is 2.29. The van der Waals surface area contributed by atoms with E-state index in [0.29, 0.717) is 57.4 Å². The predicted octanol–water partition coefficient (Wildman–Crippen LogP) is 2.73. The van der Waals surface area contributed by atoms with Crippen molar-refractivity contribution in [3.05, 3.63) is 77.7 Å². The summed E-state index contributed by atoms with van der Waals surface area (Å²) in [7, 11) is -1.89. The number of amides is 1. The third-order valence-corrected chi connectivity index (χ3v) is 7.81. The summed E-state index contributed by atoms with van der Waals surface area (Å²) in [5.41, 5.74) is 1.06. The first-order chi connectivity index (χ1) is 16.8. The molecule has 0 radical (unpaired) electrons. The molecule has 12 heteroatoms. The highest BCUT2D eigenvalue weighted by molar-refractivity contribution is 7.89. The van der Waals surface area contributed by atoms with E-state index in [0.717, 1.165) is 17.7 Å². The number of benzene rings is 2. The number of carbonyl (C=O) groups is 1. The molecule has 2 aromatic carbocycles. The Kier molecular flexibility index (Phi) is 9.55. The largest absolute Gasteiger partial charge is 0.341 e. The van der Waals surface area contributed by atoms with Crippen LogP contribution in [0.3, 0.4) is 0 Å². The van der Waals surface area contributed by atoms with Crippen molar-refractivity contribution in [1.29, 1.82) is 0 Å². The van der Waals surface area contributed by atoms with Gasteiger partial charge in [0.1, 0.15) is 5.82 Å². The van der Waals surface area contributed by atoms with Crippen LogP contribution in [0.5, 0.6) is 0 Å². The number of halogens is 2. The van der Waals surface area contributed by atoms with Crippen LogP contribution in [0.25, 0.3) is 0 Å². The molecule has 0 unspecified atom stereocenters. The lowest BCUT2D eigenvalue weighted by Crippen LogP contribution is -2.48. The molecule has 0 atom stereocenters. The standard InChI is InChI=1S/C24H28FN5O4S.ClH/c1-28(17-19-5-3-2-4-6-19)24(31)12-11-23-26-22(27-34-23)18-29-13-15-30(16-14-29)35(32,33)21-9-7-20(25)8-10-21;/h2-10H,11-18H2,1H3;1H. The molecule has 1 aromatic heterocycles. The van der Waals surface area contributed by atoms with Gasteiger partial charge in [0.25, 0.3) is 0 Å². The number of sulfonamides is 1. The van der Waals surface area contributed by atoms with E-state index in [2.05, 4.69) is 10.1 Å². The van der Waals surface area contributed by atoms with Gasteiger partial charge in [0, 0.05) is 52.6 Å². The van der Waals surface area contributed by atoms with Crippen LogP contribution in [-0.2, 0) is 34.3 Å². The normalized spacial score (nSPS) is 14.8. The topological polar surface area (TPSA) is 99.9 Å². The number of aryl methyl sites for hydroxylation is 1. The highest BCUT2D eigenvalue weighted by Crippen LogP contribution is 2.19. The molecule has 194 valence electrons. The zero-order chi connectivity index (χ0) is 24.8. The van der Waals surface area contributed by atoms with E-state index < -0.39 is 15.8 Å². The zero-order valence-electron chi connectivity index (χ0n) is 19.9. The number of hydrogen-bond acceptors (Lipinski definition) is 7. The Bertz CT molecular complexity index is 1230. The SMILES string of the molecule is CN(Cc1ccccc1)C(=O)CCc1nc(CN2CCN(S(=O)(=O)c3ccc(F)cc3)CC2)no1.Cl. The summed E-state index contributed by atoms with van der Waals surface area (Å²) >= 11 is 0. The lowest BCUT2D eigenvalue weighted by molar-refractivity contribution is -0.130. The number of nitrogens with zero attached hydrogens (tertiary/aromatic N) is 5. The average molecular weight is 538 g/mol. The molecular weight excluding hydrogens is 509 g/mol. The summed E-state index contributed by atoms with van der Waals surface area (Å²) in [6.45, 7) is 2.60. The lowest BCUT2D eigenvalue weighted by atomic mass is 10.2. The molecule has 0 bridgehead atoms. The molecule has 0 aliphatic carbocycles. The van der Waals surface area contributed by atoms with Crippen molar-refractivity contribution in [1.82, 2.24) is 24.2 Å². The van der Waals surface area contributed by atoms with Gasteiger partial charge in [-0.25, -0.2) is 12.8 Å². The number of carbonyl (C=O) groups excluding carboxylic acids is 1. The maximum atomic E-state index is 13.1. The van der Waals surface area contributed by atoms with Crippen LogP contribution in [0.4, 0.5) is 4.39 Å². The average Bonchev–Trinajstić information content (AvgIpc) is 3.31. The molecule has 0 N–H and O–H groups in total. The van der Waals surface area contributed by atoms with Gasteiger partial charge >= 0.3 is 0 Å². The van der Waals surface area contributed by atoms with Crippen molar-refractivity contribution < 1.29 is 22.1 Å². The van der Waals surface area contributed by atoms with E-state index in [9.17, 15) is 17.6 Å². The minimum atomic E-state index is -3.66. The van der Waals surface area contributed by atoms with Crippen molar-refractivity contribution in [2.75, 3.05) is 33.2 Å². The molecular formula is C24H29ClFN5O4S. The Labute approximate surface area is 216 Å². The minimum Gasteiger partial charge on any atom is -0.341 e. The van der Waals surface area contributed by atoms with Crippen molar-refractivity contribution in [2.45, 2.75) is 30.8 Å². The molecule has 36 heavy (non-hydrogen) atoms. The van der Waals surface area contributed by atoms with E-state index in [4.69, 9.17) is 4.52 Å². The van der Waals surface area contributed by atoms with E-state index in [1.54, 1.807) is 11.9 Å². The molecule has 0 spiro atoms. The van der Waals surface area contributed by atoms with Crippen molar-refractivity contribution in [3.8, 4) is 0 Å². The van der Waals surface area contributed by atoms with E-state index in [1.165, 1.54) is 16.4 Å².